The molecule has 0 spiro atoms. The van der Waals surface area contributed by atoms with Crippen molar-refractivity contribution in [1.82, 2.24) is 0 Å². The fraction of sp³-hybridized carbons (Fsp3) is 0.360. The second-order valence-corrected chi connectivity index (χ2v) is 8.94. The van der Waals surface area contributed by atoms with Crippen LogP contribution in [-0.4, -0.2) is 31.2 Å². The number of hydrogen-bond donors (Lipinski definition) is 2. The molecule has 0 atom stereocenters. The summed E-state index contributed by atoms with van der Waals surface area (Å²) in [5.41, 5.74) is 1.97. The largest absolute Gasteiger partial charge is 0 e. The SMILES string of the molecule is C.CC=N.CC=N.O.O.[CH-]=CC(=[C-]C=[C-]CC)[C](C)=[W].[CH-]=CC(=[C-]C=[C-]CC)[C](C)=[W].[U].[U].[V].[V]. The third-order valence-electron chi connectivity index (χ3n) is 2.16. The van der Waals surface area contributed by atoms with Crippen LogP contribution in [0.1, 0.15) is 61.8 Å². The van der Waals surface area contributed by atoms with E-state index in [1.807, 2.05) is 27.7 Å². The Morgan fingerprint density at radius 3 is 1.06 bits per heavy atom. The van der Waals surface area contributed by atoms with Gasteiger partial charge in [0.05, 0.1) is 0 Å². The van der Waals surface area contributed by atoms with E-state index in [9.17, 15) is 0 Å². The normalized spacial score (nSPS) is 8.29. The van der Waals surface area contributed by atoms with E-state index in [4.69, 9.17) is 24.0 Å². The summed E-state index contributed by atoms with van der Waals surface area (Å²) < 4.78 is 2.50. The van der Waals surface area contributed by atoms with E-state index in [2.05, 4.69) is 24.3 Å². The van der Waals surface area contributed by atoms with Gasteiger partial charge in [0.25, 0.3) is 0 Å². The quantitative estimate of drug-likeness (QED) is 0.200. The van der Waals surface area contributed by atoms with Gasteiger partial charge in [-0.15, -0.1) is 0 Å². The van der Waals surface area contributed by atoms with Gasteiger partial charge in [0.15, 0.2) is 0 Å². The maximum atomic E-state index is 6.08. The Kier molecular flexibility index (Phi) is 132. The first-order chi connectivity index (χ1) is 13.3. The molecule has 0 bridgehead atoms. The minimum Gasteiger partial charge on any atom is 0 e. The van der Waals surface area contributed by atoms with Crippen molar-refractivity contribution in [1.29, 1.82) is 10.8 Å². The Morgan fingerprint density at radius 2 is 0.943 bits per heavy atom. The Morgan fingerprint density at radius 1 is 0.743 bits per heavy atom. The van der Waals surface area contributed by atoms with Gasteiger partial charge in [0.2, 0.25) is 0 Å². The predicted molar refractivity (Wildman–Crippen MR) is 132 cm³/mol. The van der Waals surface area contributed by atoms with Gasteiger partial charge in [0, 0.05) is 99.3 Å². The van der Waals surface area contributed by atoms with Crippen molar-refractivity contribution in [3.8, 4) is 0 Å². The number of rotatable bonds is 8. The molecule has 2 radical (unpaired) electrons. The summed E-state index contributed by atoms with van der Waals surface area (Å²) in [5.74, 6) is 0. The third kappa shape index (κ3) is 72.3. The minimum absolute atomic E-state index is 0. The van der Waals surface area contributed by atoms with Crippen LogP contribution >= 0.6 is 0 Å². The second kappa shape index (κ2) is 65.3. The van der Waals surface area contributed by atoms with Crippen LogP contribution in [0.15, 0.2) is 35.5 Å². The van der Waals surface area contributed by atoms with Crippen molar-refractivity contribution in [2.75, 3.05) is 0 Å². The van der Waals surface area contributed by atoms with Crippen molar-refractivity contribution in [3.05, 3.63) is 72.9 Å². The number of allylic oxidation sites excluding steroid dienone is 10. The zero-order valence-electron chi connectivity index (χ0n) is 20.7. The van der Waals surface area contributed by atoms with Gasteiger partial charge < -0.3 is 21.8 Å². The van der Waals surface area contributed by atoms with E-state index in [-0.39, 0.29) is 118 Å². The van der Waals surface area contributed by atoms with Crippen LogP contribution in [-0.2, 0) is 75.8 Å². The average molecular weight is 1350 g/mol. The molecule has 0 saturated heterocycles. The maximum Gasteiger partial charge on any atom is 0 e. The molecule has 0 aliphatic heterocycles. The second-order valence-electron chi connectivity index (χ2n) is 4.54. The molecule has 0 saturated carbocycles. The van der Waals surface area contributed by atoms with Crippen molar-refractivity contribution in [2.45, 2.75) is 61.8 Å². The summed E-state index contributed by atoms with van der Waals surface area (Å²) in [7, 11) is 0. The molecule has 6 N–H and O–H groups in total. The molecule has 35 heavy (non-hydrogen) atoms. The molecule has 10 heteroatoms. The molecule has 0 aromatic rings. The van der Waals surface area contributed by atoms with Crippen molar-refractivity contribution in [3.63, 3.8) is 0 Å². The first-order valence-corrected chi connectivity index (χ1v) is 11.6. The molecule has 0 aromatic carbocycles. The summed E-state index contributed by atoms with van der Waals surface area (Å²) in [4.78, 5) is 0. The zero-order valence-corrected chi connectivity index (χ0v) is 37.7. The van der Waals surface area contributed by atoms with E-state index < -0.39 is 0 Å². The average Bonchev–Trinajstić information content (AvgIpc) is 2.64. The number of hydrogen-bond acceptors (Lipinski definition) is 2. The fourth-order valence-corrected chi connectivity index (χ4v) is 1.91. The molecular weight excluding hydrogens is 1310 g/mol. The summed E-state index contributed by atoms with van der Waals surface area (Å²) in [6.45, 7) is 22.2. The van der Waals surface area contributed by atoms with E-state index in [0.717, 1.165) is 24.0 Å². The fourth-order valence-electron chi connectivity index (χ4n) is 0.996. The topological polar surface area (TPSA) is 111 Å². The van der Waals surface area contributed by atoms with Crippen LogP contribution in [0.4, 0.5) is 0 Å². The standard InChI is InChI=1S/2C10H11.2C2H5N.CH4.2H2O.2U.2V.2W/c2*1-4-7-8-9-10(5-2)6-3;2*1-2-3;;;;;;;;;/h2*2,5,8H,4H2,1,3H3;2*2-3H,1H3;1H4;2*1H2;;;;;;/q2*-3;;;;;;;;;;;. The van der Waals surface area contributed by atoms with Crippen LogP contribution in [0, 0.1) is 111 Å². The van der Waals surface area contributed by atoms with Gasteiger partial charge in [-0.05, 0) is 26.3 Å². The number of nitrogens with one attached hydrogen (secondary N) is 2. The molecule has 0 rings (SSSR count). The third-order valence-corrected chi connectivity index (χ3v) is 3.74. The Labute approximate surface area is 310 Å². The van der Waals surface area contributed by atoms with Crippen LogP contribution in [0.2, 0.25) is 0 Å². The summed E-state index contributed by atoms with van der Waals surface area (Å²) in [6.07, 6.45) is 23.3. The molecule has 198 valence electrons. The summed E-state index contributed by atoms with van der Waals surface area (Å²) in [5, 5.41) is 12.2. The van der Waals surface area contributed by atoms with Gasteiger partial charge in [-0.3, -0.25) is 0 Å². The molecular formula is C25H40N2O2U2V2W2-6. The van der Waals surface area contributed by atoms with E-state index in [1.54, 1.807) is 38.2 Å². The van der Waals surface area contributed by atoms with Gasteiger partial charge in [-0.25, -0.2) is 0 Å². The molecule has 4 nitrogen and oxygen atoms in total. The summed E-state index contributed by atoms with van der Waals surface area (Å²) in [6, 6.07) is 0. The first-order valence-electron chi connectivity index (χ1n) is 8.66. The Hall–Kier alpha value is 2.09. The van der Waals surface area contributed by atoms with Crippen molar-refractivity contribution < 1.29 is 149 Å². The Balaban J connectivity index is -0.0000000256. The molecule has 0 amide bonds. The van der Waals surface area contributed by atoms with Gasteiger partial charge in [0.1, 0.15) is 0 Å². The Bertz CT molecular complexity index is 558. The zero-order chi connectivity index (χ0) is 22.8. The smallest absolute Gasteiger partial charge is 0 e. The molecule has 0 aliphatic carbocycles. The van der Waals surface area contributed by atoms with Crippen LogP contribution < -0.4 is 0 Å². The van der Waals surface area contributed by atoms with Crippen LogP contribution in [0.3, 0.4) is 0 Å². The maximum absolute atomic E-state index is 6.08. The van der Waals surface area contributed by atoms with Crippen LogP contribution in [0.25, 0.3) is 0 Å². The molecule has 0 aromatic heterocycles. The summed E-state index contributed by atoms with van der Waals surface area (Å²) >= 11 is 2.85. The first kappa shape index (κ1) is 71.0. The molecule has 0 aliphatic rings. The van der Waals surface area contributed by atoms with Crippen molar-refractivity contribution in [2.24, 2.45) is 0 Å². The van der Waals surface area contributed by atoms with E-state index in [0.29, 0.717) is 0 Å². The minimum atomic E-state index is 0. The molecule has 0 fully saturated rings. The van der Waals surface area contributed by atoms with Gasteiger partial charge in [-0.2, -0.15) is 0 Å². The van der Waals surface area contributed by atoms with E-state index in [1.165, 1.54) is 58.9 Å². The molecule has 0 heterocycles. The van der Waals surface area contributed by atoms with Crippen molar-refractivity contribution >= 4 is 20.2 Å². The predicted octanol–water partition coefficient (Wildman–Crippen LogP) is 4.72. The molecule has 0 unspecified atom stereocenters. The van der Waals surface area contributed by atoms with Gasteiger partial charge >= 0.3 is 160 Å². The van der Waals surface area contributed by atoms with Gasteiger partial charge in [-0.1, -0.05) is 7.43 Å². The van der Waals surface area contributed by atoms with E-state index >= 15 is 0 Å². The van der Waals surface area contributed by atoms with Crippen LogP contribution in [0.5, 0.6) is 0 Å². The monoisotopic (exact) mass is 1350 g/mol.